The second-order valence-electron chi connectivity index (χ2n) is 6.82. The predicted molar refractivity (Wildman–Crippen MR) is 68.7 cm³/mol. The molecule has 0 spiro atoms. The third-order valence-corrected chi connectivity index (χ3v) is 5.96. The van der Waals surface area contributed by atoms with Gasteiger partial charge in [-0.1, -0.05) is 11.6 Å². The Hall–Kier alpha value is -0.300. The lowest BCUT2D eigenvalue weighted by Gasteiger charge is -2.51. The average molecular weight is 232 g/mol. The fraction of sp³-hybridized carbons (Fsp3) is 0.875. The lowest BCUT2D eigenvalue weighted by atomic mass is 9.61. The van der Waals surface area contributed by atoms with Gasteiger partial charge in [-0.2, -0.15) is 0 Å². The zero-order chi connectivity index (χ0) is 11.2. The first-order valence-electron chi connectivity index (χ1n) is 7.69. The van der Waals surface area contributed by atoms with Crippen LogP contribution in [0.5, 0.6) is 0 Å². The first kappa shape index (κ1) is 10.6. The fourth-order valence-corrected chi connectivity index (χ4v) is 4.95. The van der Waals surface area contributed by atoms with Gasteiger partial charge in [0.05, 0.1) is 12.7 Å². The summed E-state index contributed by atoms with van der Waals surface area (Å²) in [6.07, 6.45) is 14.7. The van der Waals surface area contributed by atoms with Gasteiger partial charge in [-0.25, -0.2) is 0 Å². The van der Waals surface area contributed by atoms with Gasteiger partial charge in [0.15, 0.2) is 0 Å². The monoisotopic (exact) mass is 232 g/mol. The molecule has 1 nitrogen and oxygen atoms in total. The highest BCUT2D eigenvalue weighted by Crippen LogP contribution is 2.50. The summed E-state index contributed by atoms with van der Waals surface area (Å²) in [6, 6.07) is 0. The van der Waals surface area contributed by atoms with Gasteiger partial charge in [0, 0.05) is 5.92 Å². The highest BCUT2D eigenvalue weighted by atomic mass is 16.5. The van der Waals surface area contributed by atoms with E-state index in [0.717, 1.165) is 30.3 Å². The standard InChI is InChI=1S/C16H24O/c1-2-11-4-5-13-6-7-16-15(10-17-16)14(13)9-12(3-1)8-11/h2,12-16H,1,3-10H2/t12?,13?,14?,15-,16+/m0/s1. The van der Waals surface area contributed by atoms with Crippen LogP contribution in [0.4, 0.5) is 0 Å². The molecule has 17 heavy (non-hydrogen) atoms. The summed E-state index contributed by atoms with van der Waals surface area (Å²) in [7, 11) is 0. The van der Waals surface area contributed by atoms with Crippen LogP contribution in [0.15, 0.2) is 11.6 Å². The Morgan fingerprint density at radius 3 is 2.94 bits per heavy atom. The molecule has 4 rings (SSSR count). The number of hydrogen-bond donors (Lipinski definition) is 0. The third kappa shape index (κ3) is 1.78. The van der Waals surface area contributed by atoms with Gasteiger partial charge < -0.3 is 4.74 Å². The summed E-state index contributed by atoms with van der Waals surface area (Å²) >= 11 is 0. The van der Waals surface area contributed by atoms with E-state index < -0.39 is 0 Å². The minimum atomic E-state index is 0.661. The van der Waals surface area contributed by atoms with Crippen molar-refractivity contribution in [2.24, 2.45) is 23.7 Å². The molecule has 0 amide bonds. The number of rotatable bonds is 0. The summed E-state index contributed by atoms with van der Waals surface area (Å²) < 4.78 is 5.75. The van der Waals surface area contributed by atoms with Crippen molar-refractivity contribution in [3.8, 4) is 0 Å². The Morgan fingerprint density at radius 1 is 1.06 bits per heavy atom. The highest BCUT2D eigenvalue weighted by Gasteiger charge is 2.46. The number of ether oxygens (including phenoxy) is 1. The van der Waals surface area contributed by atoms with Gasteiger partial charge in [-0.05, 0) is 69.1 Å². The van der Waals surface area contributed by atoms with Gasteiger partial charge in [-0.3, -0.25) is 0 Å². The smallest absolute Gasteiger partial charge is 0.0628 e. The van der Waals surface area contributed by atoms with Crippen LogP contribution in [0.2, 0.25) is 0 Å². The first-order chi connectivity index (χ1) is 8.40. The molecule has 3 fully saturated rings. The Morgan fingerprint density at radius 2 is 2.06 bits per heavy atom. The summed E-state index contributed by atoms with van der Waals surface area (Å²) in [6.45, 7) is 1.08. The van der Waals surface area contributed by atoms with Crippen LogP contribution in [0.1, 0.15) is 51.4 Å². The molecule has 1 heterocycles. The van der Waals surface area contributed by atoms with E-state index in [-0.39, 0.29) is 0 Å². The van der Waals surface area contributed by atoms with Crippen LogP contribution in [0.3, 0.4) is 0 Å². The van der Waals surface area contributed by atoms with E-state index >= 15 is 0 Å². The van der Waals surface area contributed by atoms with Crippen LogP contribution >= 0.6 is 0 Å². The minimum Gasteiger partial charge on any atom is -0.377 e. The van der Waals surface area contributed by atoms with Crippen molar-refractivity contribution in [1.82, 2.24) is 0 Å². The second-order valence-corrected chi connectivity index (χ2v) is 6.82. The number of hydrogen-bond acceptors (Lipinski definition) is 1. The zero-order valence-electron chi connectivity index (χ0n) is 10.7. The molecule has 0 aromatic carbocycles. The van der Waals surface area contributed by atoms with Crippen LogP contribution in [-0.2, 0) is 4.74 Å². The predicted octanol–water partition coefficient (Wildman–Crippen LogP) is 3.94. The minimum absolute atomic E-state index is 0.661. The van der Waals surface area contributed by atoms with E-state index in [0.29, 0.717) is 6.10 Å². The van der Waals surface area contributed by atoms with Gasteiger partial charge >= 0.3 is 0 Å². The van der Waals surface area contributed by atoms with E-state index in [4.69, 9.17) is 4.74 Å². The zero-order valence-corrected chi connectivity index (χ0v) is 10.7. The van der Waals surface area contributed by atoms with Gasteiger partial charge in [0.25, 0.3) is 0 Å². The van der Waals surface area contributed by atoms with E-state index in [2.05, 4.69) is 6.08 Å². The molecule has 1 aliphatic heterocycles. The molecular formula is C16H24O. The molecule has 4 aliphatic rings. The van der Waals surface area contributed by atoms with Crippen molar-refractivity contribution in [1.29, 1.82) is 0 Å². The van der Waals surface area contributed by atoms with Gasteiger partial charge in [-0.15, -0.1) is 0 Å². The maximum atomic E-state index is 5.75. The van der Waals surface area contributed by atoms with Crippen molar-refractivity contribution in [3.05, 3.63) is 11.6 Å². The number of fused-ring (bicyclic) bond motifs is 5. The molecule has 0 aromatic heterocycles. The lowest BCUT2D eigenvalue weighted by Crippen LogP contribution is -2.51. The van der Waals surface area contributed by atoms with Crippen LogP contribution < -0.4 is 0 Å². The van der Waals surface area contributed by atoms with Crippen LogP contribution in [0, 0.1) is 23.7 Å². The molecule has 0 radical (unpaired) electrons. The molecule has 2 saturated carbocycles. The maximum absolute atomic E-state index is 5.75. The summed E-state index contributed by atoms with van der Waals surface area (Å²) in [5.74, 6) is 4.01. The summed E-state index contributed by atoms with van der Waals surface area (Å²) in [5, 5.41) is 0. The van der Waals surface area contributed by atoms with E-state index in [1.54, 1.807) is 5.57 Å². The number of allylic oxidation sites excluding steroid dienone is 2. The van der Waals surface area contributed by atoms with Crippen LogP contribution in [-0.4, -0.2) is 12.7 Å². The van der Waals surface area contributed by atoms with E-state index in [9.17, 15) is 0 Å². The Kier molecular flexibility index (Phi) is 2.57. The largest absolute Gasteiger partial charge is 0.377 e. The Balaban J connectivity index is 1.56. The Labute approximate surface area is 105 Å². The van der Waals surface area contributed by atoms with Crippen molar-refractivity contribution in [2.75, 3.05) is 6.61 Å². The molecule has 1 saturated heterocycles. The normalized spacial score (nSPS) is 48.9. The van der Waals surface area contributed by atoms with E-state index in [1.807, 2.05) is 0 Å². The molecule has 5 atom stereocenters. The fourth-order valence-electron chi connectivity index (χ4n) is 4.95. The quantitative estimate of drug-likeness (QED) is 0.575. The van der Waals surface area contributed by atoms with Gasteiger partial charge in [0.2, 0.25) is 0 Å². The highest BCUT2D eigenvalue weighted by molar-refractivity contribution is 5.09. The molecular weight excluding hydrogens is 208 g/mol. The van der Waals surface area contributed by atoms with Crippen molar-refractivity contribution < 1.29 is 4.74 Å². The molecule has 0 N–H and O–H groups in total. The maximum Gasteiger partial charge on any atom is 0.0628 e. The molecule has 1 heteroatoms. The summed E-state index contributed by atoms with van der Waals surface area (Å²) in [5.41, 5.74) is 1.80. The first-order valence-corrected chi connectivity index (χ1v) is 7.69. The third-order valence-electron chi connectivity index (χ3n) is 5.96. The molecule has 94 valence electrons. The second kappa shape index (κ2) is 4.12. The molecule has 3 unspecified atom stereocenters. The molecule has 2 bridgehead atoms. The molecule has 0 aromatic rings. The Bertz CT molecular complexity index is 332. The topological polar surface area (TPSA) is 9.23 Å². The van der Waals surface area contributed by atoms with Crippen LogP contribution in [0.25, 0.3) is 0 Å². The van der Waals surface area contributed by atoms with Gasteiger partial charge in [0.1, 0.15) is 0 Å². The summed E-state index contributed by atoms with van der Waals surface area (Å²) in [4.78, 5) is 0. The van der Waals surface area contributed by atoms with E-state index in [1.165, 1.54) is 51.4 Å². The average Bonchev–Trinajstić information content (AvgIpc) is 2.29. The SMILES string of the molecule is C1=C2CCC3CC[C@H]4OC[C@H]4C3CC(CC1)C2. The van der Waals surface area contributed by atoms with Crippen molar-refractivity contribution in [2.45, 2.75) is 57.5 Å². The lowest BCUT2D eigenvalue weighted by molar-refractivity contribution is -0.176. The van der Waals surface area contributed by atoms with Crippen molar-refractivity contribution >= 4 is 0 Å². The van der Waals surface area contributed by atoms with Crippen molar-refractivity contribution in [3.63, 3.8) is 0 Å². The molecule has 3 aliphatic carbocycles.